The van der Waals surface area contributed by atoms with Crippen LogP contribution >= 0.6 is 0 Å². The maximum Gasteiger partial charge on any atom is 0.270 e. The molecule has 0 radical (unpaired) electrons. The van der Waals surface area contributed by atoms with Gasteiger partial charge in [-0.2, -0.15) is 5.10 Å². The monoisotopic (exact) mass is 300 g/mol. The van der Waals surface area contributed by atoms with Gasteiger partial charge in [-0.15, -0.1) is 0 Å². The summed E-state index contributed by atoms with van der Waals surface area (Å²) in [5, 5.41) is 18.0. The minimum Gasteiger partial charge on any atom is -0.345 e. The van der Waals surface area contributed by atoms with Crippen LogP contribution in [0.3, 0.4) is 0 Å². The minimum absolute atomic E-state index is 0.0849. The Morgan fingerprint density at radius 1 is 1.50 bits per heavy atom. The predicted octanol–water partition coefficient (Wildman–Crippen LogP) is 2.14. The number of nitro groups is 1. The lowest BCUT2D eigenvalue weighted by atomic mass is 9.92. The highest BCUT2D eigenvalue weighted by Gasteiger charge is 2.25. The lowest BCUT2D eigenvalue weighted by Crippen LogP contribution is -2.31. The van der Waals surface area contributed by atoms with Gasteiger partial charge < -0.3 is 5.32 Å². The molecule has 0 bridgehead atoms. The number of benzene rings is 1. The lowest BCUT2D eigenvalue weighted by molar-refractivity contribution is -0.384. The van der Waals surface area contributed by atoms with Gasteiger partial charge in [-0.1, -0.05) is 6.07 Å². The van der Waals surface area contributed by atoms with Gasteiger partial charge in [0, 0.05) is 36.0 Å². The second-order valence-electron chi connectivity index (χ2n) is 5.40. The Morgan fingerprint density at radius 3 is 3.09 bits per heavy atom. The maximum absolute atomic E-state index is 12.3. The molecule has 1 aromatic heterocycles. The topological polar surface area (TPSA) is 90.1 Å². The molecule has 1 amide bonds. The van der Waals surface area contributed by atoms with Gasteiger partial charge in [0.2, 0.25) is 0 Å². The van der Waals surface area contributed by atoms with Gasteiger partial charge in [-0.25, -0.2) is 0 Å². The van der Waals surface area contributed by atoms with Crippen molar-refractivity contribution in [1.82, 2.24) is 15.1 Å². The molecule has 114 valence electrons. The predicted molar refractivity (Wildman–Crippen MR) is 79.4 cm³/mol. The molecular formula is C15H16N4O3. The van der Waals surface area contributed by atoms with Crippen LogP contribution in [0.25, 0.3) is 0 Å². The van der Waals surface area contributed by atoms with Crippen molar-refractivity contribution >= 4 is 11.6 Å². The van der Waals surface area contributed by atoms with Gasteiger partial charge in [-0.3, -0.25) is 19.6 Å². The summed E-state index contributed by atoms with van der Waals surface area (Å²) in [4.78, 5) is 22.6. The lowest BCUT2D eigenvalue weighted by Gasteiger charge is -2.23. The van der Waals surface area contributed by atoms with E-state index in [9.17, 15) is 14.9 Å². The van der Waals surface area contributed by atoms with Crippen LogP contribution in [0.1, 0.15) is 40.5 Å². The number of nitrogens with zero attached hydrogens (tertiary/aromatic N) is 3. The summed E-state index contributed by atoms with van der Waals surface area (Å²) < 4.78 is 1.83. The molecule has 0 saturated heterocycles. The van der Waals surface area contributed by atoms with Crippen molar-refractivity contribution < 1.29 is 9.72 Å². The van der Waals surface area contributed by atoms with Crippen LogP contribution in [-0.2, 0) is 13.5 Å². The van der Waals surface area contributed by atoms with Crippen molar-refractivity contribution in [2.75, 3.05) is 0 Å². The quantitative estimate of drug-likeness (QED) is 0.694. The largest absolute Gasteiger partial charge is 0.345 e. The highest BCUT2D eigenvalue weighted by atomic mass is 16.6. The summed E-state index contributed by atoms with van der Waals surface area (Å²) in [5.74, 6) is -0.301. The van der Waals surface area contributed by atoms with Gasteiger partial charge in [0.1, 0.15) is 0 Å². The Hall–Kier alpha value is -2.70. The fraction of sp³-hybridized carbons (Fsp3) is 0.333. The first-order chi connectivity index (χ1) is 10.6. The van der Waals surface area contributed by atoms with E-state index in [1.807, 2.05) is 11.7 Å². The Morgan fingerprint density at radius 2 is 2.32 bits per heavy atom. The van der Waals surface area contributed by atoms with Gasteiger partial charge in [-0.05, 0) is 25.3 Å². The normalized spacial score (nSPS) is 16.9. The Bertz CT molecular complexity index is 738. The number of nitro benzene ring substituents is 1. The number of carbonyl (C=O) groups is 1. The first-order valence-corrected chi connectivity index (χ1v) is 7.12. The second kappa shape index (κ2) is 5.59. The van der Waals surface area contributed by atoms with Crippen LogP contribution in [0, 0.1) is 10.1 Å². The number of hydrogen-bond acceptors (Lipinski definition) is 4. The first-order valence-electron chi connectivity index (χ1n) is 7.12. The molecule has 3 rings (SSSR count). The standard InChI is InChI=1S/C15H16N4O3/c1-18-14-7-3-6-13(12(14)9-16-18)17-15(20)10-4-2-5-11(8-10)19(21)22/h2,4-5,8-9,13H,3,6-7H2,1H3,(H,17,20)/t13-/m1/s1. The number of fused-ring (bicyclic) bond motifs is 1. The third kappa shape index (κ3) is 2.57. The molecule has 1 aliphatic carbocycles. The molecule has 7 heteroatoms. The molecule has 0 saturated carbocycles. The molecular weight excluding hydrogens is 284 g/mol. The van der Waals surface area contributed by atoms with Crippen LogP contribution in [0.4, 0.5) is 5.69 Å². The smallest absolute Gasteiger partial charge is 0.270 e. The van der Waals surface area contributed by atoms with E-state index in [1.165, 1.54) is 18.2 Å². The fourth-order valence-electron chi connectivity index (χ4n) is 2.86. The Balaban J connectivity index is 1.81. The van der Waals surface area contributed by atoms with Crippen molar-refractivity contribution in [3.63, 3.8) is 0 Å². The molecule has 0 spiro atoms. The van der Waals surface area contributed by atoms with Crippen molar-refractivity contribution in [3.8, 4) is 0 Å². The van der Waals surface area contributed by atoms with E-state index in [4.69, 9.17) is 0 Å². The number of amides is 1. The van der Waals surface area contributed by atoms with Crippen LogP contribution in [-0.4, -0.2) is 20.6 Å². The molecule has 2 aromatic rings. The van der Waals surface area contributed by atoms with Crippen molar-refractivity contribution in [2.24, 2.45) is 7.05 Å². The zero-order valence-corrected chi connectivity index (χ0v) is 12.2. The van der Waals surface area contributed by atoms with E-state index in [0.29, 0.717) is 5.56 Å². The summed E-state index contributed by atoms with van der Waals surface area (Å²) in [6.07, 6.45) is 4.56. The molecule has 0 fully saturated rings. The molecule has 1 aromatic carbocycles. The number of aryl methyl sites for hydroxylation is 1. The third-order valence-electron chi connectivity index (χ3n) is 4.00. The molecule has 22 heavy (non-hydrogen) atoms. The van der Waals surface area contributed by atoms with Gasteiger partial charge in [0.15, 0.2) is 0 Å². The van der Waals surface area contributed by atoms with Crippen molar-refractivity contribution in [2.45, 2.75) is 25.3 Å². The van der Waals surface area contributed by atoms with Gasteiger partial charge in [0.05, 0.1) is 17.2 Å². The Kier molecular flexibility index (Phi) is 3.62. The SMILES string of the molecule is Cn1ncc2c1CCC[C@H]2NC(=O)c1cccc([N+](=O)[O-])c1. The molecule has 0 aliphatic heterocycles. The molecule has 1 atom stereocenters. The van der Waals surface area contributed by atoms with E-state index in [1.54, 1.807) is 12.3 Å². The molecule has 1 aliphatic rings. The van der Waals surface area contributed by atoms with E-state index in [0.717, 1.165) is 30.5 Å². The zero-order valence-electron chi connectivity index (χ0n) is 12.2. The van der Waals surface area contributed by atoms with Gasteiger partial charge >= 0.3 is 0 Å². The molecule has 1 heterocycles. The summed E-state index contributed by atoms with van der Waals surface area (Å²) in [6.45, 7) is 0. The highest BCUT2D eigenvalue weighted by molar-refractivity contribution is 5.95. The number of rotatable bonds is 3. The molecule has 7 nitrogen and oxygen atoms in total. The average Bonchev–Trinajstić information content (AvgIpc) is 2.90. The van der Waals surface area contributed by atoms with Crippen LogP contribution in [0.5, 0.6) is 0 Å². The summed E-state index contributed by atoms with van der Waals surface area (Å²) >= 11 is 0. The second-order valence-corrected chi connectivity index (χ2v) is 5.40. The maximum atomic E-state index is 12.3. The van der Waals surface area contributed by atoms with Crippen LogP contribution < -0.4 is 5.32 Å². The summed E-state index contributed by atoms with van der Waals surface area (Å²) in [7, 11) is 1.89. The number of aromatic nitrogens is 2. The van der Waals surface area contributed by atoms with E-state index in [-0.39, 0.29) is 17.6 Å². The Labute approximate surface area is 127 Å². The van der Waals surface area contributed by atoms with E-state index >= 15 is 0 Å². The summed E-state index contributed by atoms with van der Waals surface area (Å²) in [6, 6.07) is 5.67. The zero-order chi connectivity index (χ0) is 15.7. The average molecular weight is 300 g/mol. The summed E-state index contributed by atoms with van der Waals surface area (Å²) in [5.41, 5.74) is 2.38. The van der Waals surface area contributed by atoms with Crippen molar-refractivity contribution in [3.05, 3.63) is 57.4 Å². The fourth-order valence-corrected chi connectivity index (χ4v) is 2.86. The van der Waals surface area contributed by atoms with Gasteiger partial charge in [0.25, 0.3) is 11.6 Å². The number of nitrogens with one attached hydrogen (secondary N) is 1. The third-order valence-corrected chi connectivity index (χ3v) is 4.00. The van der Waals surface area contributed by atoms with E-state index < -0.39 is 4.92 Å². The van der Waals surface area contributed by atoms with Crippen LogP contribution in [0.2, 0.25) is 0 Å². The minimum atomic E-state index is -0.503. The number of carbonyl (C=O) groups excluding carboxylic acids is 1. The molecule has 0 unspecified atom stereocenters. The first kappa shape index (κ1) is 14.2. The molecule has 1 N–H and O–H groups in total. The number of non-ortho nitro benzene ring substituents is 1. The highest BCUT2D eigenvalue weighted by Crippen LogP contribution is 2.29. The van der Waals surface area contributed by atoms with Crippen LogP contribution in [0.15, 0.2) is 30.5 Å². The number of hydrogen-bond donors (Lipinski definition) is 1. The van der Waals surface area contributed by atoms with Crippen molar-refractivity contribution in [1.29, 1.82) is 0 Å². The van der Waals surface area contributed by atoms with E-state index in [2.05, 4.69) is 10.4 Å².